The minimum atomic E-state index is -1.72. The number of benzene rings is 4. The number of halogens is 1. The van der Waals surface area contributed by atoms with E-state index in [1.807, 2.05) is 64.1 Å². The molecule has 4 aromatic carbocycles. The van der Waals surface area contributed by atoms with E-state index in [2.05, 4.69) is 10.6 Å². The average Bonchev–Trinajstić information content (AvgIpc) is 3.00. The van der Waals surface area contributed by atoms with Gasteiger partial charge in [0, 0.05) is 28.7 Å². The monoisotopic (exact) mass is 638 g/mol. The molecule has 2 amide bonds. The van der Waals surface area contributed by atoms with Crippen LogP contribution in [0.3, 0.4) is 0 Å². The fourth-order valence-corrected chi connectivity index (χ4v) is 6.35. The number of carbonyl (C=O) groups excluding carboxylic acids is 3. The lowest BCUT2D eigenvalue weighted by molar-refractivity contribution is -0.150. The molecule has 4 unspecified atom stereocenters. The number of aryl methyl sites for hydroxylation is 2. The first-order valence-corrected chi connectivity index (χ1v) is 15.7. The Morgan fingerprint density at radius 1 is 0.826 bits per heavy atom. The molecule has 1 saturated carbocycles. The zero-order valence-corrected chi connectivity index (χ0v) is 27.4. The first-order valence-electron chi connectivity index (χ1n) is 15.3. The second kappa shape index (κ2) is 13.5. The minimum absolute atomic E-state index is 0.314. The average molecular weight is 639 g/mol. The second-order valence-corrected chi connectivity index (χ2v) is 12.9. The van der Waals surface area contributed by atoms with Crippen LogP contribution in [0.5, 0.6) is 5.75 Å². The number of hydrogen-bond donors (Lipinski definition) is 3. The SMILES string of the molecule is Cc1cccc(NC(=O)C2C(=O)CC(C)(O)C(C(=O)Nc3cccc(C)c3C)C2c2ccc(OCc3ccc(Cl)cc3)cc2)c1C. The Hall–Kier alpha value is -4.46. The summed E-state index contributed by atoms with van der Waals surface area (Å²) < 4.78 is 5.97. The summed E-state index contributed by atoms with van der Waals surface area (Å²) in [6.07, 6.45) is -0.346. The van der Waals surface area contributed by atoms with Crippen molar-refractivity contribution in [2.24, 2.45) is 11.8 Å². The maximum Gasteiger partial charge on any atom is 0.235 e. The summed E-state index contributed by atoms with van der Waals surface area (Å²) in [5.41, 5.74) is 4.76. The van der Waals surface area contributed by atoms with Gasteiger partial charge in [0.05, 0.1) is 11.5 Å². The Labute approximate surface area is 275 Å². The molecule has 0 bridgehead atoms. The highest BCUT2D eigenvalue weighted by Crippen LogP contribution is 2.47. The van der Waals surface area contributed by atoms with E-state index in [9.17, 15) is 19.5 Å². The molecule has 0 saturated heterocycles. The number of ether oxygens (including phenoxy) is 1. The van der Waals surface area contributed by atoms with Gasteiger partial charge in [-0.2, -0.15) is 0 Å². The van der Waals surface area contributed by atoms with Gasteiger partial charge >= 0.3 is 0 Å². The van der Waals surface area contributed by atoms with E-state index < -0.39 is 41.0 Å². The van der Waals surface area contributed by atoms with Gasteiger partial charge in [0.2, 0.25) is 11.8 Å². The van der Waals surface area contributed by atoms with Crippen LogP contribution in [0.1, 0.15) is 52.6 Å². The van der Waals surface area contributed by atoms with Gasteiger partial charge < -0.3 is 20.5 Å². The van der Waals surface area contributed by atoms with Crippen LogP contribution in [-0.4, -0.2) is 28.3 Å². The third-order valence-corrected chi connectivity index (χ3v) is 9.39. The largest absolute Gasteiger partial charge is 0.489 e. The summed E-state index contributed by atoms with van der Waals surface area (Å²) in [6.45, 7) is 9.52. The number of hydrogen-bond acceptors (Lipinski definition) is 5. The number of amides is 2. The lowest BCUT2D eigenvalue weighted by atomic mass is 9.61. The van der Waals surface area contributed by atoms with E-state index in [1.165, 1.54) is 6.92 Å². The molecule has 0 spiro atoms. The van der Waals surface area contributed by atoms with Gasteiger partial charge in [-0.3, -0.25) is 14.4 Å². The molecule has 8 heteroatoms. The first kappa shape index (κ1) is 32.9. The Balaban J connectivity index is 1.52. The van der Waals surface area contributed by atoms with Crippen molar-refractivity contribution in [1.29, 1.82) is 0 Å². The van der Waals surface area contributed by atoms with Crippen LogP contribution in [0.15, 0.2) is 84.9 Å². The molecule has 46 heavy (non-hydrogen) atoms. The Bertz CT molecular complexity index is 1770. The Morgan fingerprint density at radius 2 is 1.37 bits per heavy atom. The van der Waals surface area contributed by atoms with Gasteiger partial charge in [-0.15, -0.1) is 0 Å². The highest BCUT2D eigenvalue weighted by Gasteiger charge is 2.56. The maximum absolute atomic E-state index is 14.2. The zero-order valence-electron chi connectivity index (χ0n) is 26.7. The standard InChI is InChI=1S/C38H39ClN2O5/c1-22-8-6-10-30(24(22)3)40-36(43)34-32(42)20-38(5,45)35(37(44)41-31-11-7-9-23(2)25(31)4)33(34)27-14-18-29(19-15-27)46-21-26-12-16-28(39)17-13-26/h6-19,33-35,45H,20-21H2,1-5H3,(H,40,43)(H,41,44). The van der Waals surface area contributed by atoms with E-state index in [0.29, 0.717) is 34.3 Å². The van der Waals surface area contributed by atoms with Crippen LogP contribution in [0.4, 0.5) is 11.4 Å². The molecular weight excluding hydrogens is 600 g/mol. The van der Waals surface area contributed by atoms with Crippen LogP contribution < -0.4 is 15.4 Å². The van der Waals surface area contributed by atoms with E-state index in [1.54, 1.807) is 48.5 Å². The lowest BCUT2D eigenvalue weighted by Gasteiger charge is -2.44. The molecule has 1 aliphatic rings. The highest BCUT2D eigenvalue weighted by atomic mass is 35.5. The molecule has 238 valence electrons. The molecule has 1 aliphatic carbocycles. The quantitative estimate of drug-likeness (QED) is 0.174. The number of nitrogens with one attached hydrogen (secondary N) is 2. The van der Waals surface area contributed by atoms with E-state index in [-0.39, 0.29) is 6.42 Å². The van der Waals surface area contributed by atoms with Gasteiger partial charge in [-0.1, -0.05) is 60.1 Å². The summed E-state index contributed by atoms with van der Waals surface area (Å²) in [5.74, 6) is -4.17. The van der Waals surface area contributed by atoms with Gasteiger partial charge in [0.1, 0.15) is 24.1 Å². The number of Topliss-reactive ketones (excluding diaryl/α,β-unsaturated/α-hetero) is 1. The van der Waals surface area contributed by atoms with Crippen molar-refractivity contribution >= 4 is 40.6 Å². The fraction of sp³-hybridized carbons (Fsp3) is 0.289. The third kappa shape index (κ3) is 7.01. The zero-order chi connectivity index (χ0) is 33.2. The van der Waals surface area contributed by atoms with Crippen molar-refractivity contribution in [3.05, 3.63) is 123 Å². The van der Waals surface area contributed by atoms with Gasteiger partial charge in [-0.05, 0) is 104 Å². The normalized spacial score (nSPS) is 21.0. The molecule has 0 radical (unpaired) electrons. The fourth-order valence-electron chi connectivity index (χ4n) is 6.22. The van der Waals surface area contributed by atoms with Crippen LogP contribution in [0, 0.1) is 39.5 Å². The smallest absolute Gasteiger partial charge is 0.235 e. The van der Waals surface area contributed by atoms with Crippen molar-refractivity contribution in [2.75, 3.05) is 10.6 Å². The van der Waals surface area contributed by atoms with Crippen LogP contribution >= 0.6 is 11.6 Å². The molecular formula is C38H39ClN2O5. The van der Waals surface area contributed by atoms with E-state index >= 15 is 0 Å². The molecule has 3 N–H and O–H groups in total. The maximum atomic E-state index is 14.2. The minimum Gasteiger partial charge on any atom is -0.489 e. The second-order valence-electron chi connectivity index (χ2n) is 12.4. The van der Waals surface area contributed by atoms with Crippen LogP contribution in [0.25, 0.3) is 0 Å². The van der Waals surface area contributed by atoms with Gasteiger partial charge in [0.15, 0.2) is 0 Å². The number of aliphatic hydroxyl groups is 1. The van der Waals surface area contributed by atoms with Crippen molar-refractivity contribution in [3.8, 4) is 5.75 Å². The number of carbonyl (C=O) groups is 3. The molecule has 1 fully saturated rings. The summed E-state index contributed by atoms with van der Waals surface area (Å²) in [7, 11) is 0. The predicted octanol–water partition coefficient (Wildman–Crippen LogP) is 7.47. The van der Waals surface area contributed by atoms with Gasteiger partial charge in [0.25, 0.3) is 0 Å². The Morgan fingerprint density at radius 3 is 1.93 bits per heavy atom. The molecule has 4 aromatic rings. The predicted molar refractivity (Wildman–Crippen MR) is 181 cm³/mol. The van der Waals surface area contributed by atoms with Gasteiger partial charge in [-0.25, -0.2) is 0 Å². The number of anilines is 2. The summed E-state index contributed by atoms with van der Waals surface area (Å²) >= 11 is 6.00. The molecule has 5 rings (SSSR count). The van der Waals surface area contributed by atoms with Crippen molar-refractivity contribution in [1.82, 2.24) is 0 Å². The molecule has 0 heterocycles. The molecule has 7 nitrogen and oxygen atoms in total. The van der Waals surface area contributed by atoms with E-state index in [0.717, 1.165) is 27.8 Å². The van der Waals surface area contributed by atoms with Crippen molar-refractivity contribution < 1.29 is 24.2 Å². The van der Waals surface area contributed by atoms with E-state index in [4.69, 9.17) is 16.3 Å². The first-order chi connectivity index (χ1) is 21.9. The third-order valence-electron chi connectivity index (χ3n) is 9.14. The Kier molecular flexibility index (Phi) is 9.66. The van der Waals surface area contributed by atoms with Crippen molar-refractivity contribution in [2.45, 2.75) is 59.2 Å². The topological polar surface area (TPSA) is 105 Å². The van der Waals surface area contributed by atoms with Crippen LogP contribution in [0.2, 0.25) is 5.02 Å². The number of ketones is 1. The molecule has 0 aromatic heterocycles. The van der Waals surface area contributed by atoms with Crippen molar-refractivity contribution in [3.63, 3.8) is 0 Å². The summed E-state index contributed by atoms with van der Waals surface area (Å²) in [6, 6.07) is 25.5. The molecule has 0 aliphatic heterocycles. The summed E-state index contributed by atoms with van der Waals surface area (Å²) in [5, 5.41) is 18.3. The van der Waals surface area contributed by atoms with Crippen LogP contribution in [-0.2, 0) is 21.0 Å². The lowest BCUT2D eigenvalue weighted by Crippen LogP contribution is -2.56. The number of rotatable bonds is 8. The summed E-state index contributed by atoms with van der Waals surface area (Å²) in [4.78, 5) is 42.0. The highest BCUT2D eigenvalue weighted by molar-refractivity contribution is 6.30. The molecule has 4 atom stereocenters.